The molecule has 0 aliphatic heterocycles. The van der Waals surface area contributed by atoms with Crippen molar-refractivity contribution in [2.24, 2.45) is 62.7 Å². The van der Waals surface area contributed by atoms with Crippen molar-refractivity contribution in [2.75, 3.05) is 0 Å². The second-order valence-corrected chi connectivity index (χ2v) is 47.2. The molecule has 0 amide bonds. The smallest absolute Gasteiger partial charge is 0.227 e. The maximum Gasteiger partial charge on any atom is 0.227 e. The van der Waals surface area contributed by atoms with Gasteiger partial charge in [-0.25, -0.2) is 38.2 Å². The van der Waals surface area contributed by atoms with Crippen LogP contribution < -0.4 is 18.3 Å². The van der Waals surface area contributed by atoms with Crippen LogP contribution in [0.5, 0.6) is 0 Å². The first-order chi connectivity index (χ1) is 68.8. The van der Waals surface area contributed by atoms with Crippen LogP contribution in [-0.4, -0.2) is 19.9 Å². The molecule has 5 aliphatic carbocycles. The first-order valence-corrected chi connectivity index (χ1v) is 52.5. The lowest BCUT2D eigenvalue weighted by Crippen LogP contribution is -2.38. The van der Waals surface area contributed by atoms with Crippen LogP contribution >= 0.6 is 0 Å². The molecule has 0 bridgehead atoms. The fourth-order valence-electron chi connectivity index (χ4n) is 27.4. The van der Waals surface area contributed by atoms with Crippen LogP contribution in [-0.2, 0) is 49.9 Å². The summed E-state index contributed by atoms with van der Waals surface area (Å²) in [4.78, 5) is 21.5. The van der Waals surface area contributed by atoms with Gasteiger partial charge in [-0.1, -0.05) is 255 Å². The molecule has 12 heterocycles. The summed E-state index contributed by atoms with van der Waals surface area (Å²) in [7, 11) is 8.43. The first kappa shape index (κ1) is 95.0. The average Bonchev–Trinajstić information content (AvgIpc) is 1.55. The summed E-state index contributed by atoms with van der Waals surface area (Å²) in [5.41, 5.74) is 46.5. The standard InChI is InChI=1S/C36H41N2O.C34H37N2O.C32H33N2O.C30H27N2O/c1-22-14-17-29(38(9)19-22)30-23(2)15-16-25-27-18-26-24-12-10-11-13-28(24)36(20-34(3,4)5,21-35(6,7)8)32(26)37-33(27)39-31(25)30;1-20(2)17-34(18-21(3)4)28-11-9-8-10-24(28)26-16-27-25-14-13-23(6)30(29-15-12-22(5)19-36(29)7)31(25)37-33(27)35-32(26)34;1-18(2)32(19(3)4)26-11-9-8-10-22(26)24-16-25-23-14-13-21(6)28(27-15-12-20(5)17-34(27)7)29(23)35-31(25)33-30(24)32;1-18-10-13-25(32(3)17-18)26-19(2)11-12-21-23-16-22-20-8-4-5-9-24(20)30(14-6-7-15-30)28(22)31-29(23)33-27(21)26/h10-19H,20-21H2,1-9H3;8-16,19-21H,17-18H2,1-7H3;8-19H,1-7H3;4-5,8-13,16-17H,6-7,14-15H2,1-3H3/q4*+1. The molecule has 0 atom stereocenters. The van der Waals surface area contributed by atoms with E-state index in [-0.39, 0.29) is 32.5 Å². The summed E-state index contributed by atoms with van der Waals surface area (Å²) >= 11 is 0. The molecule has 5 aliphatic rings. The highest BCUT2D eigenvalue weighted by molar-refractivity contribution is 6.15. The van der Waals surface area contributed by atoms with Gasteiger partial charge in [-0.3, -0.25) is 0 Å². The maximum absolute atomic E-state index is 6.76. The SMILES string of the molecule is Cc1ccc(-c2c(C)ccc3c2oc2nc4c(cc23)-c2ccccc2C4(C(C)C)C(C)C)[n+](C)c1.Cc1ccc(-c2c(C)ccc3c2oc2nc4c(cc23)-c2ccccc2C4(CC(C)(C)C)CC(C)(C)C)[n+](C)c1.Cc1ccc(-c2c(C)ccc3c2oc2nc4c(cc23)-c2ccccc2C4(CC(C)C)CC(C)C)[n+](C)c1.Cc1ccc(-c2c(C)ccc3c2oc2nc4c(cc23)-c2ccccc2C42CCCC2)[n+](C)c1. The minimum Gasteiger partial charge on any atom is -0.437 e. The van der Waals surface area contributed by atoms with E-state index >= 15 is 0 Å². The first-order valence-electron chi connectivity index (χ1n) is 52.5. The van der Waals surface area contributed by atoms with Crippen molar-refractivity contribution in [2.45, 2.75) is 225 Å². The number of hydrogen-bond donors (Lipinski definition) is 0. The van der Waals surface area contributed by atoms with Gasteiger partial charge in [0.05, 0.1) is 45.0 Å². The second-order valence-electron chi connectivity index (χ2n) is 47.2. The quantitative estimate of drug-likeness (QED) is 0.111. The Labute approximate surface area is 848 Å². The van der Waals surface area contributed by atoms with E-state index in [4.69, 9.17) is 37.6 Å². The Morgan fingerprint density at radius 2 is 0.562 bits per heavy atom. The van der Waals surface area contributed by atoms with Gasteiger partial charge in [0.15, 0.2) is 47.1 Å². The molecule has 1 saturated carbocycles. The third kappa shape index (κ3) is 15.2. The Bertz CT molecular complexity index is 8640. The molecular formula is C132H138N8O4+4. The number of fused-ring (bicyclic) bond motifs is 26. The van der Waals surface area contributed by atoms with E-state index in [9.17, 15) is 0 Å². The summed E-state index contributed by atoms with van der Waals surface area (Å²) in [6, 6.07) is 80.3. The lowest BCUT2D eigenvalue weighted by molar-refractivity contribution is -0.660. The molecule has 12 heteroatoms. The molecule has 0 radical (unpaired) electrons. The van der Waals surface area contributed by atoms with Crippen molar-refractivity contribution in [1.29, 1.82) is 0 Å². The third-order valence-corrected chi connectivity index (χ3v) is 32.6. The molecule has 144 heavy (non-hydrogen) atoms. The van der Waals surface area contributed by atoms with Crippen molar-refractivity contribution in [3.05, 3.63) is 333 Å². The Kier molecular flexibility index (Phi) is 23.1. The van der Waals surface area contributed by atoms with E-state index in [2.05, 4.69) is 442 Å². The maximum atomic E-state index is 6.76. The van der Waals surface area contributed by atoms with Crippen molar-refractivity contribution >= 4 is 88.3 Å². The van der Waals surface area contributed by atoms with Gasteiger partial charge in [0, 0.05) is 134 Å². The second kappa shape index (κ2) is 35.0. The van der Waals surface area contributed by atoms with E-state index < -0.39 is 0 Å². The number of aromatic nitrogens is 8. The van der Waals surface area contributed by atoms with E-state index in [1.807, 2.05) is 0 Å². The fourth-order valence-corrected chi connectivity index (χ4v) is 27.4. The van der Waals surface area contributed by atoms with E-state index in [0.717, 1.165) is 165 Å². The van der Waals surface area contributed by atoms with Gasteiger partial charge < -0.3 is 17.7 Å². The molecular weight excluding hydrogens is 1760 g/mol. The molecule has 8 aromatic carbocycles. The summed E-state index contributed by atoms with van der Waals surface area (Å²) in [5.74, 6) is 1.93. The van der Waals surface area contributed by atoms with Gasteiger partial charge >= 0.3 is 0 Å². The zero-order valence-electron chi connectivity index (χ0n) is 89.3. The molecule has 1 fully saturated rings. The van der Waals surface area contributed by atoms with Gasteiger partial charge in [-0.05, 0) is 244 Å². The normalized spacial score (nSPS) is 14.8. The highest BCUT2D eigenvalue weighted by atomic mass is 16.4. The predicted molar refractivity (Wildman–Crippen MR) is 590 cm³/mol. The Balaban J connectivity index is 0.000000110. The molecule has 0 unspecified atom stereocenters. The van der Waals surface area contributed by atoms with Crippen LogP contribution in [0.25, 0.3) is 178 Å². The summed E-state index contributed by atoms with van der Waals surface area (Å²) < 4.78 is 35.5. The van der Waals surface area contributed by atoms with Crippen LogP contribution in [0.1, 0.15) is 238 Å². The van der Waals surface area contributed by atoms with Gasteiger partial charge in [-0.2, -0.15) is 0 Å². The Hall–Kier alpha value is -13.8. The molecule has 1 spiro atoms. The molecule has 0 N–H and O–H groups in total. The monoisotopic (exact) mass is 1900 g/mol. The van der Waals surface area contributed by atoms with E-state index in [1.165, 1.54) is 154 Å². The van der Waals surface area contributed by atoms with Crippen molar-refractivity contribution < 1.29 is 35.9 Å². The number of benzene rings is 8. The van der Waals surface area contributed by atoms with E-state index in [1.54, 1.807) is 0 Å². The van der Waals surface area contributed by atoms with Crippen molar-refractivity contribution in [1.82, 2.24) is 19.9 Å². The van der Waals surface area contributed by atoms with Crippen molar-refractivity contribution in [3.8, 4) is 89.5 Å². The molecule has 0 saturated heterocycles. The van der Waals surface area contributed by atoms with E-state index in [0.29, 0.717) is 23.7 Å². The van der Waals surface area contributed by atoms with Gasteiger partial charge in [0.1, 0.15) is 28.2 Å². The molecule has 20 aromatic rings. The third-order valence-electron chi connectivity index (χ3n) is 32.6. The molecule has 12 nitrogen and oxygen atoms in total. The van der Waals surface area contributed by atoms with Crippen LogP contribution in [0, 0.1) is 89.9 Å². The van der Waals surface area contributed by atoms with Gasteiger partial charge in [-0.15, -0.1) is 0 Å². The van der Waals surface area contributed by atoms with Crippen molar-refractivity contribution in [3.63, 3.8) is 0 Å². The highest BCUT2D eigenvalue weighted by Gasteiger charge is 2.53. The minimum absolute atomic E-state index is 0.0568. The molecule has 25 rings (SSSR count). The van der Waals surface area contributed by atoms with Gasteiger partial charge in [0.2, 0.25) is 45.6 Å². The summed E-state index contributed by atoms with van der Waals surface area (Å²) in [6.45, 7) is 49.9. The fraction of sp³-hybridized carbons (Fsp3) is 0.333. The predicted octanol–water partition coefficient (Wildman–Crippen LogP) is 32.3. The van der Waals surface area contributed by atoms with Crippen LogP contribution in [0.2, 0.25) is 0 Å². The number of furan rings is 4. The Morgan fingerprint density at radius 1 is 0.292 bits per heavy atom. The largest absolute Gasteiger partial charge is 0.437 e. The summed E-state index contributed by atoms with van der Waals surface area (Å²) in [5, 5.41) is 8.93. The lowest BCUT2D eigenvalue weighted by atomic mass is 9.63. The topological polar surface area (TPSA) is 120 Å². The minimum atomic E-state index is -0.169. The Morgan fingerprint density at radius 3 is 0.882 bits per heavy atom. The number of aryl methyl sites for hydroxylation is 12. The lowest BCUT2D eigenvalue weighted by Gasteiger charge is -2.41. The number of hydrogen-bond acceptors (Lipinski definition) is 8. The molecule has 726 valence electrons. The van der Waals surface area contributed by atoms with Gasteiger partial charge in [0.25, 0.3) is 0 Å². The van der Waals surface area contributed by atoms with Crippen LogP contribution in [0.15, 0.2) is 261 Å². The number of pyridine rings is 8. The summed E-state index contributed by atoms with van der Waals surface area (Å²) in [6.07, 6.45) is 17.8. The average molecular weight is 1900 g/mol. The number of nitrogens with zero attached hydrogens (tertiary/aromatic N) is 8. The number of rotatable bonds is 12. The van der Waals surface area contributed by atoms with Crippen LogP contribution in [0.4, 0.5) is 0 Å². The zero-order chi connectivity index (χ0) is 101. The highest BCUT2D eigenvalue weighted by Crippen LogP contribution is 2.63. The zero-order valence-corrected chi connectivity index (χ0v) is 89.3. The molecule has 12 aromatic heterocycles. The van der Waals surface area contributed by atoms with Crippen LogP contribution in [0.3, 0.4) is 0 Å².